The van der Waals surface area contributed by atoms with E-state index in [0.717, 1.165) is 19.3 Å². The third kappa shape index (κ3) is 2.99. The predicted octanol–water partition coefficient (Wildman–Crippen LogP) is 3.76. The van der Waals surface area contributed by atoms with E-state index in [1.165, 1.54) is 43.2 Å². The molecule has 1 aromatic rings. The summed E-state index contributed by atoms with van der Waals surface area (Å²) < 4.78 is 0. The Balaban J connectivity index is 1.62. The molecule has 19 heavy (non-hydrogen) atoms. The first-order chi connectivity index (χ1) is 9.33. The number of nitrogens with one attached hydrogen (secondary N) is 1. The molecule has 0 aromatic heterocycles. The summed E-state index contributed by atoms with van der Waals surface area (Å²) in [5, 5.41) is 3.26. The molecule has 1 N–H and O–H groups in total. The van der Waals surface area contributed by atoms with Crippen LogP contribution in [-0.2, 0) is 11.2 Å². The van der Waals surface area contributed by atoms with Gasteiger partial charge in [-0.15, -0.1) is 0 Å². The molecule has 2 aliphatic rings. The fourth-order valence-electron chi connectivity index (χ4n) is 3.63. The lowest BCUT2D eigenvalue weighted by molar-refractivity contribution is -0.122. The van der Waals surface area contributed by atoms with Gasteiger partial charge in [0.2, 0.25) is 5.91 Å². The van der Waals surface area contributed by atoms with Crippen LogP contribution in [0, 0.1) is 5.92 Å². The van der Waals surface area contributed by atoms with Crippen LogP contribution in [-0.4, -0.2) is 5.91 Å². The second kappa shape index (κ2) is 5.77. The normalized spacial score (nSPS) is 23.1. The Morgan fingerprint density at radius 3 is 2.74 bits per heavy atom. The Kier molecular flexibility index (Phi) is 3.86. The van der Waals surface area contributed by atoms with E-state index in [1.807, 2.05) is 0 Å². The fraction of sp³-hybridized carbons (Fsp3) is 0.588. The monoisotopic (exact) mass is 257 g/mol. The number of carbonyl (C=O) groups is 1. The van der Waals surface area contributed by atoms with Crippen molar-refractivity contribution in [3.63, 3.8) is 0 Å². The van der Waals surface area contributed by atoms with Gasteiger partial charge < -0.3 is 5.32 Å². The van der Waals surface area contributed by atoms with Crippen molar-refractivity contribution in [3.05, 3.63) is 35.4 Å². The van der Waals surface area contributed by atoms with Gasteiger partial charge in [0.15, 0.2) is 0 Å². The molecule has 102 valence electrons. The fourth-order valence-corrected chi connectivity index (χ4v) is 3.63. The van der Waals surface area contributed by atoms with Gasteiger partial charge in [-0.2, -0.15) is 0 Å². The largest absolute Gasteiger partial charge is 0.349 e. The van der Waals surface area contributed by atoms with E-state index in [4.69, 9.17) is 0 Å². The van der Waals surface area contributed by atoms with Crippen LogP contribution in [0.5, 0.6) is 0 Å². The van der Waals surface area contributed by atoms with E-state index in [9.17, 15) is 4.79 Å². The SMILES string of the molecule is O=C(CC1CCCC1)N[C@@H]1CCCc2ccccc21. The summed E-state index contributed by atoms with van der Waals surface area (Å²) >= 11 is 0. The van der Waals surface area contributed by atoms with Gasteiger partial charge in [0.25, 0.3) is 0 Å². The molecule has 1 saturated carbocycles. The highest BCUT2D eigenvalue weighted by molar-refractivity contribution is 5.76. The van der Waals surface area contributed by atoms with Gasteiger partial charge in [0.05, 0.1) is 6.04 Å². The third-order valence-electron chi connectivity index (χ3n) is 4.65. The van der Waals surface area contributed by atoms with E-state index < -0.39 is 0 Å². The first-order valence-corrected chi connectivity index (χ1v) is 7.70. The van der Waals surface area contributed by atoms with Gasteiger partial charge in [0, 0.05) is 6.42 Å². The maximum absolute atomic E-state index is 12.2. The highest BCUT2D eigenvalue weighted by Gasteiger charge is 2.23. The topological polar surface area (TPSA) is 29.1 Å². The van der Waals surface area contributed by atoms with Gasteiger partial charge >= 0.3 is 0 Å². The molecule has 0 aliphatic heterocycles. The van der Waals surface area contributed by atoms with Gasteiger partial charge in [-0.1, -0.05) is 37.1 Å². The first-order valence-electron chi connectivity index (χ1n) is 7.70. The zero-order valence-corrected chi connectivity index (χ0v) is 11.5. The minimum absolute atomic E-state index is 0.249. The molecule has 2 aliphatic carbocycles. The molecule has 0 heterocycles. The van der Waals surface area contributed by atoms with Crippen LogP contribution in [0.1, 0.15) is 62.1 Å². The lowest BCUT2D eigenvalue weighted by atomic mass is 9.87. The van der Waals surface area contributed by atoms with E-state index in [-0.39, 0.29) is 11.9 Å². The Morgan fingerprint density at radius 2 is 1.89 bits per heavy atom. The highest BCUT2D eigenvalue weighted by atomic mass is 16.1. The van der Waals surface area contributed by atoms with Crippen LogP contribution in [0.4, 0.5) is 0 Å². The zero-order valence-electron chi connectivity index (χ0n) is 11.5. The third-order valence-corrected chi connectivity index (χ3v) is 4.65. The van der Waals surface area contributed by atoms with Crippen molar-refractivity contribution in [3.8, 4) is 0 Å². The van der Waals surface area contributed by atoms with E-state index in [1.54, 1.807) is 0 Å². The molecule has 0 saturated heterocycles. The highest BCUT2D eigenvalue weighted by Crippen LogP contribution is 2.31. The minimum atomic E-state index is 0.249. The van der Waals surface area contributed by atoms with Crippen LogP contribution in [0.2, 0.25) is 0 Å². The molecule has 1 fully saturated rings. The quantitative estimate of drug-likeness (QED) is 0.877. The van der Waals surface area contributed by atoms with Crippen molar-refractivity contribution < 1.29 is 4.79 Å². The maximum atomic E-state index is 12.2. The minimum Gasteiger partial charge on any atom is -0.349 e. The van der Waals surface area contributed by atoms with Crippen LogP contribution < -0.4 is 5.32 Å². The van der Waals surface area contributed by atoms with Crippen LogP contribution >= 0.6 is 0 Å². The lowest BCUT2D eigenvalue weighted by Crippen LogP contribution is -2.31. The van der Waals surface area contributed by atoms with Gasteiger partial charge in [-0.05, 0) is 49.1 Å². The zero-order chi connectivity index (χ0) is 13.1. The Labute approximate surface area is 115 Å². The average molecular weight is 257 g/mol. The molecule has 0 radical (unpaired) electrons. The summed E-state index contributed by atoms with van der Waals surface area (Å²) in [6, 6.07) is 8.81. The number of hydrogen-bond acceptors (Lipinski definition) is 1. The summed E-state index contributed by atoms with van der Waals surface area (Å²) in [4.78, 5) is 12.2. The van der Waals surface area contributed by atoms with E-state index in [2.05, 4.69) is 29.6 Å². The predicted molar refractivity (Wildman–Crippen MR) is 76.8 cm³/mol. The summed E-state index contributed by atoms with van der Waals surface area (Å²) in [5.41, 5.74) is 2.76. The van der Waals surface area contributed by atoms with Crippen molar-refractivity contribution in [1.82, 2.24) is 5.32 Å². The van der Waals surface area contributed by atoms with E-state index in [0.29, 0.717) is 5.92 Å². The second-order valence-corrected chi connectivity index (χ2v) is 6.07. The van der Waals surface area contributed by atoms with Crippen molar-refractivity contribution >= 4 is 5.91 Å². The van der Waals surface area contributed by atoms with Gasteiger partial charge in [-0.3, -0.25) is 4.79 Å². The Morgan fingerprint density at radius 1 is 1.11 bits per heavy atom. The number of fused-ring (bicyclic) bond motifs is 1. The lowest BCUT2D eigenvalue weighted by Gasteiger charge is -2.26. The smallest absolute Gasteiger partial charge is 0.220 e. The molecular weight excluding hydrogens is 234 g/mol. The van der Waals surface area contributed by atoms with Crippen LogP contribution in [0.3, 0.4) is 0 Å². The first kappa shape index (κ1) is 12.7. The Bertz CT molecular complexity index is 448. The second-order valence-electron chi connectivity index (χ2n) is 6.07. The molecule has 0 spiro atoms. The van der Waals surface area contributed by atoms with E-state index >= 15 is 0 Å². The van der Waals surface area contributed by atoms with Crippen molar-refractivity contribution in [1.29, 1.82) is 0 Å². The number of amides is 1. The molecule has 0 unspecified atom stereocenters. The summed E-state index contributed by atoms with van der Waals surface area (Å²) in [6.45, 7) is 0. The Hall–Kier alpha value is -1.31. The van der Waals surface area contributed by atoms with Crippen LogP contribution in [0.25, 0.3) is 0 Å². The molecular formula is C17H23NO. The molecule has 2 heteroatoms. The number of hydrogen-bond donors (Lipinski definition) is 1. The van der Waals surface area contributed by atoms with Gasteiger partial charge in [-0.25, -0.2) is 0 Å². The standard InChI is InChI=1S/C17H23NO/c19-17(12-13-6-1-2-7-13)18-16-11-5-9-14-8-3-4-10-15(14)16/h3-4,8,10,13,16H,1-2,5-7,9,11-12H2,(H,18,19)/t16-/m1/s1. The van der Waals surface area contributed by atoms with Crippen molar-refractivity contribution in [2.45, 2.75) is 57.4 Å². The van der Waals surface area contributed by atoms with Gasteiger partial charge in [0.1, 0.15) is 0 Å². The van der Waals surface area contributed by atoms with Crippen LogP contribution in [0.15, 0.2) is 24.3 Å². The summed E-state index contributed by atoms with van der Waals surface area (Å²) in [7, 11) is 0. The van der Waals surface area contributed by atoms with Crippen molar-refractivity contribution in [2.24, 2.45) is 5.92 Å². The summed E-state index contributed by atoms with van der Waals surface area (Å²) in [5.74, 6) is 0.896. The molecule has 3 rings (SSSR count). The number of aryl methyl sites for hydroxylation is 1. The number of rotatable bonds is 3. The average Bonchev–Trinajstić information content (AvgIpc) is 2.92. The number of benzene rings is 1. The molecule has 1 aromatic carbocycles. The summed E-state index contributed by atoms with van der Waals surface area (Å²) in [6.07, 6.45) is 9.28. The number of carbonyl (C=O) groups excluding carboxylic acids is 1. The van der Waals surface area contributed by atoms with Crippen molar-refractivity contribution in [2.75, 3.05) is 0 Å². The molecule has 1 atom stereocenters. The maximum Gasteiger partial charge on any atom is 0.220 e. The molecule has 0 bridgehead atoms. The molecule has 1 amide bonds. The molecule has 2 nitrogen and oxygen atoms in total.